The fourth-order valence-corrected chi connectivity index (χ4v) is 2.13. The molecule has 0 saturated carbocycles. The molecule has 0 N–H and O–H groups in total. The maximum atomic E-state index is 11.0. The van der Waals surface area contributed by atoms with E-state index in [-0.39, 0.29) is 24.6 Å². The van der Waals surface area contributed by atoms with E-state index in [1.165, 1.54) is 52.4 Å². The molecule has 1 atom stereocenters. The number of carbonyl (C=O) groups excluding carboxylic acids is 2. The molecule has 1 unspecified atom stereocenters. The van der Waals surface area contributed by atoms with Crippen LogP contribution in [0.1, 0.15) is 78.6 Å². The van der Waals surface area contributed by atoms with Gasteiger partial charge < -0.3 is 9.47 Å². The summed E-state index contributed by atoms with van der Waals surface area (Å²) in [4.78, 5) is 21.7. The highest BCUT2D eigenvalue weighted by Gasteiger charge is 2.13. The molecule has 0 aromatic carbocycles. The zero-order valence-corrected chi connectivity index (χ0v) is 13.3. The van der Waals surface area contributed by atoms with Gasteiger partial charge in [0, 0.05) is 13.8 Å². The highest BCUT2D eigenvalue weighted by molar-refractivity contribution is 5.67. The maximum Gasteiger partial charge on any atom is 0.303 e. The Kier molecular flexibility index (Phi) is 12.3. The molecule has 0 bridgehead atoms. The number of ether oxygens (including phenoxy) is 2. The van der Waals surface area contributed by atoms with Crippen LogP contribution < -0.4 is 0 Å². The van der Waals surface area contributed by atoms with E-state index in [2.05, 4.69) is 6.92 Å². The third kappa shape index (κ3) is 13.4. The highest BCUT2D eigenvalue weighted by Crippen LogP contribution is 2.12. The molecule has 0 aromatic heterocycles. The van der Waals surface area contributed by atoms with Crippen molar-refractivity contribution in [1.82, 2.24) is 0 Å². The highest BCUT2D eigenvalue weighted by atomic mass is 16.6. The van der Waals surface area contributed by atoms with E-state index in [0.29, 0.717) is 0 Å². The van der Waals surface area contributed by atoms with Gasteiger partial charge in [0.1, 0.15) is 12.7 Å². The lowest BCUT2D eigenvalue weighted by atomic mass is 10.1. The van der Waals surface area contributed by atoms with Crippen molar-refractivity contribution >= 4 is 11.9 Å². The van der Waals surface area contributed by atoms with Gasteiger partial charge in [0.05, 0.1) is 0 Å². The summed E-state index contributed by atoms with van der Waals surface area (Å²) >= 11 is 0. The molecular weight excluding hydrogens is 256 g/mol. The van der Waals surface area contributed by atoms with E-state index in [1.54, 1.807) is 0 Å². The van der Waals surface area contributed by atoms with Crippen LogP contribution in [0.25, 0.3) is 0 Å². The largest absolute Gasteiger partial charge is 0.462 e. The first-order chi connectivity index (χ1) is 9.56. The van der Waals surface area contributed by atoms with Gasteiger partial charge >= 0.3 is 11.9 Å². The average Bonchev–Trinajstić information content (AvgIpc) is 2.38. The van der Waals surface area contributed by atoms with Crippen molar-refractivity contribution in [3.05, 3.63) is 0 Å². The third-order valence-corrected chi connectivity index (χ3v) is 3.18. The minimum absolute atomic E-state index is 0.172. The van der Waals surface area contributed by atoms with E-state index in [9.17, 15) is 9.59 Å². The molecule has 0 radical (unpaired) electrons. The minimum atomic E-state index is -0.335. The Balaban J connectivity index is 3.62. The van der Waals surface area contributed by atoms with Crippen LogP contribution in [0, 0.1) is 0 Å². The fraction of sp³-hybridized carbons (Fsp3) is 0.875. The predicted octanol–water partition coefficient (Wildman–Crippen LogP) is 4.01. The van der Waals surface area contributed by atoms with E-state index >= 15 is 0 Å². The van der Waals surface area contributed by atoms with Gasteiger partial charge in [-0.3, -0.25) is 9.59 Å². The standard InChI is InChI=1S/C16H30O4/c1-4-5-6-7-8-9-10-11-12-16(20-15(3)18)13-19-14(2)17/h16H,4-13H2,1-3H3. The first kappa shape index (κ1) is 18.9. The zero-order chi connectivity index (χ0) is 15.2. The van der Waals surface area contributed by atoms with Gasteiger partial charge in [0.2, 0.25) is 0 Å². The first-order valence-corrected chi connectivity index (χ1v) is 7.86. The fourth-order valence-electron chi connectivity index (χ4n) is 2.13. The Morgan fingerprint density at radius 2 is 1.40 bits per heavy atom. The Morgan fingerprint density at radius 1 is 0.850 bits per heavy atom. The predicted molar refractivity (Wildman–Crippen MR) is 79.4 cm³/mol. The van der Waals surface area contributed by atoms with Crippen molar-refractivity contribution in [2.45, 2.75) is 84.7 Å². The molecule has 0 aliphatic carbocycles. The first-order valence-electron chi connectivity index (χ1n) is 7.86. The SMILES string of the molecule is CCCCCCCCCCC(COC(C)=O)OC(C)=O. The average molecular weight is 286 g/mol. The van der Waals surface area contributed by atoms with E-state index < -0.39 is 0 Å². The number of rotatable bonds is 12. The summed E-state index contributed by atoms with van der Waals surface area (Å²) in [6.07, 6.45) is 10.4. The number of esters is 2. The molecule has 0 heterocycles. The number of hydrogen-bond donors (Lipinski definition) is 0. The Bertz CT molecular complexity index is 263. The second-order valence-corrected chi connectivity index (χ2v) is 5.30. The van der Waals surface area contributed by atoms with E-state index in [0.717, 1.165) is 19.3 Å². The molecule has 0 spiro atoms. The summed E-state index contributed by atoms with van der Waals surface area (Å²) in [5.74, 6) is -0.653. The number of hydrogen-bond acceptors (Lipinski definition) is 4. The van der Waals surface area contributed by atoms with Crippen LogP contribution in [-0.2, 0) is 19.1 Å². The second kappa shape index (κ2) is 12.9. The number of unbranched alkanes of at least 4 members (excludes halogenated alkanes) is 7. The van der Waals surface area contributed by atoms with Gasteiger partial charge in [-0.1, -0.05) is 51.9 Å². The topological polar surface area (TPSA) is 52.6 Å². The molecule has 0 rings (SSSR count). The van der Waals surface area contributed by atoms with Gasteiger partial charge in [-0.25, -0.2) is 0 Å². The molecule has 0 aromatic rings. The molecule has 0 amide bonds. The van der Waals surface area contributed by atoms with Crippen molar-refractivity contribution < 1.29 is 19.1 Å². The van der Waals surface area contributed by atoms with Crippen molar-refractivity contribution in [1.29, 1.82) is 0 Å². The Hall–Kier alpha value is -1.06. The zero-order valence-electron chi connectivity index (χ0n) is 13.3. The molecule has 118 valence electrons. The van der Waals surface area contributed by atoms with Crippen LogP contribution in [-0.4, -0.2) is 24.6 Å². The van der Waals surface area contributed by atoms with Crippen LogP contribution in [0.2, 0.25) is 0 Å². The van der Waals surface area contributed by atoms with Gasteiger partial charge in [-0.05, 0) is 12.8 Å². The monoisotopic (exact) mass is 286 g/mol. The summed E-state index contributed by atoms with van der Waals surface area (Å²) < 4.78 is 10.1. The van der Waals surface area contributed by atoms with Crippen molar-refractivity contribution in [2.24, 2.45) is 0 Å². The Morgan fingerprint density at radius 3 is 1.90 bits per heavy atom. The summed E-state index contributed by atoms with van der Waals surface area (Å²) in [7, 11) is 0. The lowest BCUT2D eigenvalue weighted by Gasteiger charge is -2.16. The summed E-state index contributed by atoms with van der Waals surface area (Å²) in [5.41, 5.74) is 0. The quantitative estimate of drug-likeness (QED) is 0.402. The lowest BCUT2D eigenvalue weighted by molar-refractivity contribution is -0.156. The molecule has 0 saturated heterocycles. The molecule has 4 nitrogen and oxygen atoms in total. The van der Waals surface area contributed by atoms with Crippen LogP contribution in [0.3, 0.4) is 0 Å². The maximum absolute atomic E-state index is 11.0. The third-order valence-electron chi connectivity index (χ3n) is 3.18. The van der Waals surface area contributed by atoms with Crippen LogP contribution >= 0.6 is 0 Å². The van der Waals surface area contributed by atoms with Gasteiger partial charge in [-0.15, -0.1) is 0 Å². The molecule has 20 heavy (non-hydrogen) atoms. The molecule has 0 fully saturated rings. The van der Waals surface area contributed by atoms with Gasteiger partial charge in [0.25, 0.3) is 0 Å². The van der Waals surface area contributed by atoms with E-state index in [4.69, 9.17) is 9.47 Å². The van der Waals surface area contributed by atoms with Crippen molar-refractivity contribution in [3.8, 4) is 0 Å². The van der Waals surface area contributed by atoms with Gasteiger partial charge in [-0.2, -0.15) is 0 Å². The minimum Gasteiger partial charge on any atom is -0.462 e. The molecular formula is C16H30O4. The summed E-state index contributed by atoms with van der Waals surface area (Å²) in [6, 6.07) is 0. The van der Waals surface area contributed by atoms with Gasteiger partial charge in [0.15, 0.2) is 0 Å². The normalized spacial score (nSPS) is 11.9. The van der Waals surface area contributed by atoms with E-state index in [1.807, 2.05) is 0 Å². The molecule has 0 aliphatic rings. The second-order valence-electron chi connectivity index (χ2n) is 5.30. The summed E-state index contributed by atoms with van der Waals surface area (Å²) in [5, 5.41) is 0. The van der Waals surface area contributed by atoms with Crippen molar-refractivity contribution in [3.63, 3.8) is 0 Å². The van der Waals surface area contributed by atoms with Crippen molar-refractivity contribution in [2.75, 3.05) is 6.61 Å². The van der Waals surface area contributed by atoms with Crippen LogP contribution in [0.15, 0.2) is 0 Å². The smallest absolute Gasteiger partial charge is 0.303 e. The lowest BCUT2D eigenvalue weighted by Crippen LogP contribution is -2.23. The number of carbonyl (C=O) groups is 2. The Labute approximate surface area is 123 Å². The summed E-state index contributed by atoms with van der Waals surface area (Å²) in [6.45, 7) is 5.14. The molecule has 4 heteroatoms. The molecule has 0 aliphatic heterocycles. The van der Waals surface area contributed by atoms with Crippen LogP contribution in [0.5, 0.6) is 0 Å². The van der Waals surface area contributed by atoms with Crippen LogP contribution in [0.4, 0.5) is 0 Å².